The maximum absolute atomic E-state index is 5.59. The number of ether oxygens (including phenoxy) is 2. The number of methoxy groups -OCH3 is 2. The Hall–Kier alpha value is -3.22. The van der Waals surface area contributed by atoms with Crippen molar-refractivity contribution in [3.63, 3.8) is 0 Å². The van der Waals surface area contributed by atoms with Crippen molar-refractivity contribution < 1.29 is 9.47 Å². The van der Waals surface area contributed by atoms with Crippen molar-refractivity contribution in [1.29, 1.82) is 0 Å². The van der Waals surface area contributed by atoms with E-state index in [-0.39, 0.29) is 5.54 Å². The molecular formula is C22H23N5O2. The molecule has 3 aromatic rings. The second-order valence-corrected chi connectivity index (χ2v) is 7.49. The highest BCUT2D eigenvalue weighted by atomic mass is 16.5. The van der Waals surface area contributed by atoms with E-state index in [1.54, 1.807) is 32.7 Å². The van der Waals surface area contributed by atoms with Crippen molar-refractivity contribution in [2.45, 2.75) is 31.2 Å². The zero-order valence-electron chi connectivity index (χ0n) is 16.6. The van der Waals surface area contributed by atoms with E-state index >= 15 is 0 Å². The summed E-state index contributed by atoms with van der Waals surface area (Å²) in [5, 5.41) is 0. The third-order valence-corrected chi connectivity index (χ3v) is 6.13. The molecule has 5 rings (SSSR count). The summed E-state index contributed by atoms with van der Waals surface area (Å²) in [6.45, 7) is 0.924. The molecule has 29 heavy (non-hydrogen) atoms. The Morgan fingerprint density at radius 1 is 0.897 bits per heavy atom. The number of hydrogen-bond acceptors (Lipinski definition) is 7. The number of hydrogen-bond donors (Lipinski definition) is 0. The van der Waals surface area contributed by atoms with E-state index in [0.29, 0.717) is 11.6 Å². The first kappa shape index (κ1) is 17.8. The fourth-order valence-electron chi connectivity index (χ4n) is 4.57. The smallest absolute Gasteiger partial charge is 0.197 e. The molecule has 7 nitrogen and oxygen atoms in total. The summed E-state index contributed by atoms with van der Waals surface area (Å²) >= 11 is 0. The zero-order chi connectivity index (χ0) is 19.8. The highest BCUT2D eigenvalue weighted by Gasteiger charge is 2.48. The quantitative estimate of drug-likeness (QED) is 0.677. The third kappa shape index (κ3) is 2.80. The van der Waals surface area contributed by atoms with Gasteiger partial charge < -0.3 is 14.4 Å². The Morgan fingerprint density at radius 2 is 1.55 bits per heavy atom. The summed E-state index contributed by atoms with van der Waals surface area (Å²) in [5.41, 5.74) is 3.68. The van der Waals surface area contributed by atoms with E-state index in [9.17, 15) is 0 Å². The lowest BCUT2D eigenvalue weighted by atomic mass is 9.66. The lowest BCUT2D eigenvalue weighted by Crippen LogP contribution is -2.55. The Bertz CT molecular complexity index is 1020. The van der Waals surface area contributed by atoms with Crippen LogP contribution < -0.4 is 14.4 Å². The topological polar surface area (TPSA) is 73.3 Å². The van der Waals surface area contributed by atoms with E-state index in [1.165, 1.54) is 17.5 Å². The van der Waals surface area contributed by atoms with Gasteiger partial charge >= 0.3 is 0 Å². The normalized spacial score (nSPS) is 16.8. The van der Waals surface area contributed by atoms with Gasteiger partial charge in [-0.15, -0.1) is 0 Å². The fourth-order valence-corrected chi connectivity index (χ4v) is 4.57. The first-order valence-electron chi connectivity index (χ1n) is 9.87. The molecule has 2 aliphatic rings. The van der Waals surface area contributed by atoms with Gasteiger partial charge in [-0.3, -0.25) is 0 Å². The molecule has 1 spiro atoms. The fraction of sp³-hybridized carbons (Fsp3) is 0.364. The van der Waals surface area contributed by atoms with Gasteiger partial charge in [-0.05, 0) is 55.0 Å². The summed E-state index contributed by atoms with van der Waals surface area (Å²) < 4.78 is 11.1. The summed E-state index contributed by atoms with van der Waals surface area (Å²) in [7, 11) is 3.38. The van der Waals surface area contributed by atoms with Gasteiger partial charge in [0.2, 0.25) is 0 Å². The van der Waals surface area contributed by atoms with Crippen LogP contribution in [0.15, 0.2) is 43.0 Å². The molecule has 1 aliphatic carbocycles. The van der Waals surface area contributed by atoms with Gasteiger partial charge in [-0.2, -0.15) is 0 Å². The predicted molar refractivity (Wildman–Crippen MR) is 109 cm³/mol. The molecule has 0 atom stereocenters. The molecular weight excluding hydrogens is 366 g/mol. The summed E-state index contributed by atoms with van der Waals surface area (Å²) in [5.74, 6) is 2.66. The summed E-state index contributed by atoms with van der Waals surface area (Å²) in [6, 6.07) is 6.08. The minimum Gasteiger partial charge on any atom is -0.493 e. The molecule has 148 valence electrons. The Balaban J connectivity index is 1.52. The molecule has 0 unspecified atom stereocenters. The largest absolute Gasteiger partial charge is 0.493 e. The molecule has 1 fully saturated rings. The molecule has 0 saturated heterocycles. The van der Waals surface area contributed by atoms with Crippen molar-refractivity contribution in [3.05, 3.63) is 54.1 Å². The Morgan fingerprint density at radius 3 is 2.17 bits per heavy atom. The molecule has 3 heterocycles. The first-order chi connectivity index (χ1) is 14.2. The Labute approximate surface area is 169 Å². The highest BCUT2D eigenvalue weighted by Crippen LogP contribution is 2.53. The molecule has 2 aromatic heterocycles. The van der Waals surface area contributed by atoms with Crippen molar-refractivity contribution in [2.24, 2.45) is 0 Å². The standard InChI is InChI=1S/C22H23N5O2/c1-28-18-11-15-5-10-27(22(6-3-7-22)17(15)12-19(18)29-2)16-13-25-21(26-14-16)20-23-8-4-9-24-20/h4,8-9,11-14H,3,5-7,10H2,1-2H3. The average Bonchev–Trinajstić information content (AvgIpc) is 2.76. The van der Waals surface area contributed by atoms with Gasteiger partial charge in [0.25, 0.3) is 0 Å². The van der Waals surface area contributed by atoms with Crippen LogP contribution in [0.4, 0.5) is 5.69 Å². The van der Waals surface area contributed by atoms with Crippen LogP contribution in [0.3, 0.4) is 0 Å². The monoisotopic (exact) mass is 389 g/mol. The number of nitrogens with zero attached hydrogens (tertiary/aromatic N) is 5. The summed E-state index contributed by atoms with van der Waals surface area (Å²) in [4.78, 5) is 20.0. The average molecular weight is 389 g/mol. The molecule has 1 saturated carbocycles. The van der Waals surface area contributed by atoms with Gasteiger partial charge in [0.1, 0.15) is 0 Å². The van der Waals surface area contributed by atoms with Gasteiger partial charge in [0.15, 0.2) is 23.1 Å². The van der Waals surface area contributed by atoms with Gasteiger partial charge in [0, 0.05) is 18.9 Å². The van der Waals surface area contributed by atoms with Gasteiger partial charge in [-0.25, -0.2) is 19.9 Å². The number of aromatic nitrogens is 4. The van der Waals surface area contributed by atoms with Crippen LogP contribution in [0.25, 0.3) is 11.6 Å². The maximum atomic E-state index is 5.59. The van der Waals surface area contributed by atoms with E-state index in [0.717, 1.165) is 43.0 Å². The van der Waals surface area contributed by atoms with Crippen LogP contribution in [0.1, 0.15) is 30.4 Å². The molecule has 0 radical (unpaired) electrons. The molecule has 0 amide bonds. The maximum Gasteiger partial charge on any atom is 0.197 e. The zero-order valence-corrected chi connectivity index (χ0v) is 16.6. The van der Waals surface area contributed by atoms with Crippen LogP contribution in [0.5, 0.6) is 11.5 Å². The minimum atomic E-state index is -0.0265. The minimum absolute atomic E-state index is 0.0265. The second-order valence-electron chi connectivity index (χ2n) is 7.49. The van der Waals surface area contributed by atoms with Gasteiger partial charge in [-0.1, -0.05) is 0 Å². The number of fused-ring (bicyclic) bond motifs is 2. The van der Waals surface area contributed by atoms with Crippen molar-refractivity contribution in [3.8, 4) is 23.1 Å². The first-order valence-corrected chi connectivity index (χ1v) is 9.87. The predicted octanol–water partition coefficient (Wildman–Crippen LogP) is 3.39. The SMILES string of the molecule is COc1cc2c(cc1OC)C1(CCC1)N(c1cnc(-c3ncccn3)nc1)CC2. The van der Waals surface area contributed by atoms with E-state index in [1.807, 2.05) is 12.4 Å². The van der Waals surface area contributed by atoms with Crippen molar-refractivity contribution in [1.82, 2.24) is 19.9 Å². The van der Waals surface area contributed by atoms with Crippen molar-refractivity contribution >= 4 is 5.69 Å². The highest BCUT2D eigenvalue weighted by molar-refractivity contribution is 5.59. The molecule has 0 N–H and O–H groups in total. The Kier molecular flexibility index (Phi) is 4.30. The van der Waals surface area contributed by atoms with E-state index in [2.05, 4.69) is 37.0 Å². The molecule has 1 aromatic carbocycles. The van der Waals surface area contributed by atoms with E-state index in [4.69, 9.17) is 9.47 Å². The lowest BCUT2D eigenvalue weighted by molar-refractivity contribution is 0.218. The number of benzene rings is 1. The van der Waals surface area contributed by atoms with Crippen LogP contribution >= 0.6 is 0 Å². The second kappa shape index (κ2) is 6.99. The summed E-state index contributed by atoms with van der Waals surface area (Å²) in [6.07, 6.45) is 11.6. The number of anilines is 1. The van der Waals surface area contributed by atoms with Crippen LogP contribution in [0, 0.1) is 0 Å². The molecule has 0 bridgehead atoms. The third-order valence-electron chi connectivity index (χ3n) is 6.13. The van der Waals surface area contributed by atoms with Crippen LogP contribution in [-0.2, 0) is 12.0 Å². The molecule has 1 aliphatic heterocycles. The lowest BCUT2D eigenvalue weighted by Gasteiger charge is -2.55. The van der Waals surface area contributed by atoms with Gasteiger partial charge in [0.05, 0.1) is 37.8 Å². The van der Waals surface area contributed by atoms with Crippen LogP contribution in [0.2, 0.25) is 0 Å². The van der Waals surface area contributed by atoms with E-state index < -0.39 is 0 Å². The number of rotatable bonds is 4. The van der Waals surface area contributed by atoms with Crippen LogP contribution in [-0.4, -0.2) is 40.7 Å². The van der Waals surface area contributed by atoms with Crippen molar-refractivity contribution in [2.75, 3.05) is 25.7 Å². The molecule has 7 heteroatoms.